The molecule has 0 atom stereocenters. The van der Waals surface area contributed by atoms with Crippen molar-refractivity contribution in [3.05, 3.63) is 108 Å². The van der Waals surface area contributed by atoms with Gasteiger partial charge in [0.1, 0.15) is 12.4 Å². The zero-order valence-corrected chi connectivity index (χ0v) is 17.7. The van der Waals surface area contributed by atoms with E-state index >= 15 is 0 Å². The van der Waals surface area contributed by atoms with Gasteiger partial charge in [-0.1, -0.05) is 48.5 Å². The highest BCUT2D eigenvalue weighted by Gasteiger charge is 2.36. The molecule has 4 aromatic rings. The highest BCUT2D eigenvalue weighted by atomic mass is 16.5. The van der Waals surface area contributed by atoms with E-state index in [-0.39, 0.29) is 17.7 Å². The first-order valence-corrected chi connectivity index (χ1v) is 10.6. The third-order valence-corrected chi connectivity index (χ3v) is 5.58. The fourth-order valence-electron chi connectivity index (χ4n) is 3.93. The Labute approximate surface area is 190 Å². The van der Waals surface area contributed by atoms with Crippen LogP contribution in [0.1, 0.15) is 31.1 Å². The summed E-state index contributed by atoms with van der Waals surface area (Å²) in [6.07, 6.45) is 0. The second-order valence-corrected chi connectivity index (χ2v) is 7.62. The average Bonchev–Trinajstić information content (AvgIpc) is 3.12. The Morgan fingerprint density at radius 2 is 1.39 bits per heavy atom. The van der Waals surface area contributed by atoms with Gasteiger partial charge in [0, 0.05) is 10.9 Å². The van der Waals surface area contributed by atoms with E-state index in [1.54, 1.807) is 48.5 Å². The van der Waals surface area contributed by atoms with Gasteiger partial charge in [0.05, 0.1) is 23.4 Å². The van der Waals surface area contributed by atoms with Crippen LogP contribution in [0.5, 0.6) is 5.75 Å². The molecule has 6 nitrogen and oxygen atoms in total. The van der Waals surface area contributed by atoms with Crippen molar-refractivity contribution in [2.75, 3.05) is 18.1 Å². The standard InChI is InChI=1S/C27H20N2O4/c30-25(28-16-17-33-24-11-5-7-18-6-1-2-8-21(18)24)19-12-14-20(15-13-19)29-26(31)22-9-3-4-10-23(22)27(29)32/h1-15H,16-17H2,(H,28,30). The van der Waals surface area contributed by atoms with Crippen LogP contribution in [0.25, 0.3) is 10.8 Å². The third kappa shape index (κ3) is 3.83. The van der Waals surface area contributed by atoms with E-state index in [9.17, 15) is 14.4 Å². The van der Waals surface area contributed by atoms with E-state index < -0.39 is 0 Å². The lowest BCUT2D eigenvalue weighted by Crippen LogP contribution is -2.30. The van der Waals surface area contributed by atoms with Crippen LogP contribution in [0.4, 0.5) is 5.69 Å². The van der Waals surface area contributed by atoms with Crippen molar-refractivity contribution in [2.45, 2.75) is 0 Å². The summed E-state index contributed by atoms with van der Waals surface area (Å²) >= 11 is 0. The summed E-state index contributed by atoms with van der Waals surface area (Å²) in [6, 6.07) is 26.9. The first kappa shape index (κ1) is 20.5. The first-order chi connectivity index (χ1) is 16.1. The molecule has 1 heterocycles. The highest BCUT2D eigenvalue weighted by molar-refractivity contribution is 6.34. The molecule has 0 radical (unpaired) electrons. The van der Waals surface area contributed by atoms with Crippen LogP contribution in [0, 0.1) is 0 Å². The lowest BCUT2D eigenvalue weighted by atomic mass is 10.1. The van der Waals surface area contributed by atoms with Crippen molar-refractivity contribution in [2.24, 2.45) is 0 Å². The van der Waals surface area contributed by atoms with Gasteiger partial charge in [-0.05, 0) is 47.9 Å². The van der Waals surface area contributed by atoms with Crippen LogP contribution in [0.15, 0.2) is 91.0 Å². The maximum absolute atomic E-state index is 12.6. The summed E-state index contributed by atoms with van der Waals surface area (Å²) in [5.74, 6) is -0.213. The Kier molecular flexibility index (Phi) is 5.32. The number of nitrogens with one attached hydrogen (secondary N) is 1. The van der Waals surface area contributed by atoms with E-state index in [0.29, 0.717) is 35.5 Å². The molecule has 5 rings (SSSR count). The van der Waals surface area contributed by atoms with Gasteiger partial charge in [0.2, 0.25) is 0 Å². The molecule has 0 saturated carbocycles. The van der Waals surface area contributed by atoms with E-state index in [0.717, 1.165) is 21.4 Å². The maximum atomic E-state index is 12.6. The third-order valence-electron chi connectivity index (χ3n) is 5.58. The summed E-state index contributed by atoms with van der Waals surface area (Å²) in [5.41, 5.74) is 1.63. The Morgan fingerprint density at radius 3 is 2.12 bits per heavy atom. The fraction of sp³-hybridized carbons (Fsp3) is 0.0741. The number of benzene rings is 4. The molecule has 3 amide bonds. The van der Waals surface area contributed by atoms with Crippen molar-refractivity contribution in [1.29, 1.82) is 0 Å². The molecule has 0 aliphatic carbocycles. The molecule has 6 heteroatoms. The number of amides is 3. The van der Waals surface area contributed by atoms with Gasteiger partial charge in [-0.15, -0.1) is 0 Å². The number of anilines is 1. The Balaban J connectivity index is 1.19. The van der Waals surface area contributed by atoms with Crippen LogP contribution in [0.2, 0.25) is 0 Å². The summed E-state index contributed by atoms with van der Waals surface area (Å²) < 4.78 is 5.85. The van der Waals surface area contributed by atoms with Crippen LogP contribution in [-0.4, -0.2) is 30.9 Å². The normalized spacial score (nSPS) is 12.7. The topological polar surface area (TPSA) is 75.7 Å². The summed E-state index contributed by atoms with van der Waals surface area (Å²) in [4.78, 5) is 38.8. The van der Waals surface area contributed by atoms with Gasteiger partial charge in [0.15, 0.2) is 0 Å². The minimum atomic E-state index is -0.363. The van der Waals surface area contributed by atoms with Gasteiger partial charge in [-0.2, -0.15) is 0 Å². The molecule has 1 N–H and O–H groups in total. The quantitative estimate of drug-likeness (QED) is 0.358. The highest BCUT2D eigenvalue weighted by Crippen LogP contribution is 2.28. The van der Waals surface area contributed by atoms with Crippen molar-refractivity contribution < 1.29 is 19.1 Å². The predicted octanol–water partition coefficient (Wildman–Crippen LogP) is 4.45. The molecule has 0 bridgehead atoms. The molecular weight excluding hydrogens is 416 g/mol. The van der Waals surface area contributed by atoms with Crippen LogP contribution in [0.3, 0.4) is 0 Å². The molecule has 0 fully saturated rings. The number of rotatable bonds is 6. The lowest BCUT2D eigenvalue weighted by Gasteiger charge is -2.14. The van der Waals surface area contributed by atoms with Crippen molar-refractivity contribution in [3.63, 3.8) is 0 Å². The summed E-state index contributed by atoms with van der Waals surface area (Å²) in [7, 11) is 0. The van der Waals surface area contributed by atoms with Gasteiger partial charge >= 0.3 is 0 Å². The predicted molar refractivity (Wildman–Crippen MR) is 126 cm³/mol. The van der Waals surface area contributed by atoms with Crippen molar-refractivity contribution in [3.8, 4) is 5.75 Å². The van der Waals surface area contributed by atoms with Gasteiger partial charge < -0.3 is 10.1 Å². The molecule has 0 spiro atoms. The zero-order valence-electron chi connectivity index (χ0n) is 17.7. The first-order valence-electron chi connectivity index (χ1n) is 10.6. The minimum Gasteiger partial charge on any atom is -0.491 e. The molecule has 4 aromatic carbocycles. The number of imide groups is 1. The monoisotopic (exact) mass is 436 g/mol. The molecule has 0 saturated heterocycles. The number of fused-ring (bicyclic) bond motifs is 2. The number of hydrogen-bond donors (Lipinski definition) is 1. The number of nitrogens with zero attached hydrogens (tertiary/aromatic N) is 1. The minimum absolute atomic E-state index is 0.259. The van der Waals surface area contributed by atoms with Crippen molar-refractivity contribution in [1.82, 2.24) is 5.32 Å². The van der Waals surface area contributed by atoms with Gasteiger partial charge in [-0.25, -0.2) is 4.90 Å². The molecule has 0 aromatic heterocycles. The molecule has 0 unspecified atom stereocenters. The summed E-state index contributed by atoms with van der Waals surface area (Å²) in [5, 5.41) is 4.94. The van der Waals surface area contributed by atoms with E-state index in [2.05, 4.69) is 5.32 Å². The Hall–Kier alpha value is -4.45. The zero-order chi connectivity index (χ0) is 22.8. The number of ether oxygens (including phenoxy) is 1. The van der Waals surface area contributed by atoms with Gasteiger partial charge in [-0.3, -0.25) is 14.4 Å². The van der Waals surface area contributed by atoms with Gasteiger partial charge in [0.25, 0.3) is 17.7 Å². The molecule has 1 aliphatic heterocycles. The number of carbonyl (C=O) groups is 3. The Morgan fingerprint density at radius 1 is 0.758 bits per heavy atom. The Bertz CT molecular complexity index is 1340. The van der Waals surface area contributed by atoms with E-state index in [1.807, 2.05) is 42.5 Å². The average molecular weight is 436 g/mol. The molecule has 1 aliphatic rings. The fourth-order valence-corrected chi connectivity index (χ4v) is 3.93. The summed E-state index contributed by atoms with van der Waals surface area (Å²) in [6.45, 7) is 0.662. The van der Waals surface area contributed by atoms with Crippen LogP contribution < -0.4 is 15.0 Å². The number of hydrogen-bond acceptors (Lipinski definition) is 4. The molecule has 33 heavy (non-hydrogen) atoms. The SMILES string of the molecule is O=C(NCCOc1cccc2ccccc12)c1ccc(N2C(=O)c3ccccc3C2=O)cc1. The second kappa shape index (κ2) is 8.59. The molecular formula is C27H20N2O4. The van der Waals surface area contributed by atoms with Crippen LogP contribution in [-0.2, 0) is 0 Å². The van der Waals surface area contributed by atoms with E-state index in [1.165, 1.54) is 0 Å². The smallest absolute Gasteiger partial charge is 0.266 e. The second-order valence-electron chi connectivity index (χ2n) is 7.62. The lowest BCUT2D eigenvalue weighted by molar-refractivity contribution is 0.0922. The van der Waals surface area contributed by atoms with Crippen LogP contribution >= 0.6 is 0 Å². The maximum Gasteiger partial charge on any atom is 0.266 e. The number of carbonyl (C=O) groups excluding carboxylic acids is 3. The largest absolute Gasteiger partial charge is 0.491 e. The van der Waals surface area contributed by atoms with Crippen molar-refractivity contribution >= 4 is 34.2 Å². The molecule has 162 valence electrons. The van der Waals surface area contributed by atoms with E-state index in [4.69, 9.17) is 4.74 Å².